The van der Waals surface area contributed by atoms with Crippen LogP contribution in [0.5, 0.6) is 0 Å². The van der Waals surface area contributed by atoms with E-state index in [0.29, 0.717) is 6.54 Å². The van der Waals surface area contributed by atoms with Crippen LogP contribution < -0.4 is 5.73 Å². The number of imidazole rings is 1. The molecule has 0 saturated heterocycles. The Morgan fingerprint density at radius 2 is 2.36 bits per heavy atom. The van der Waals surface area contributed by atoms with Gasteiger partial charge in [-0.1, -0.05) is 0 Å². The Kier molecular flexibility index (Phi) is 2.32. The summed E-state index contributed by atoms with van der Waals surface area (Å²) in [5, 5.41) is 4.35. The zero-order chi connectivity index (χ0) is 9.97. The molecule has 0 radical (unpaired) electrons. The van der Waals surface area contributed by atoms with Crippen molar-refractivity contribution >= 4 is 0 Å². The summed E-state index contributed by atoms with van der Waals surface area (Å²) >= 11 is 0. The molecule has 0 unspecified atom stereocenters. The van der Waals surface area contributed by atoms with E-state index < -0.39 is 0 Å². The topological polar surface area (TPSA) is 61.7 Å². The molecule has 0 bridgehead atoms. The lowest BCUT2D eigenvalue weighted by atomic mass is 10.5. The molecule has 14 heavy (non-hydrogen) atoms. The van der Waals surface area contributed by atoms with Crippen LogP contribution in [0.2, 0.25) is 0 Å². The van der Waals surface area contributed by atoms with Gasteiger partial charge in [-0.2, -0.15) is 5.10 Å². The maximum Gasteiger partial charge on any atom is 0.159 e. The van der Waals surface area contributed by atoms with Gasteiger partial charge in [0.1, 0.15) is 6.33 Å². The lowest BCUT2D eigenvalue weighted by molar-refractivity contribution is 0.652. The molecule has 2 aromatic heterocycles. The minimum Gasteiger partial charge on any atom is -0.325 e. The summed E-state index contributed by atoms with van der Waals surface area (Å²) in [7, 11) is 0. The van der Waals surface area contributed by atoms with Gasteiger partial charge in [0, 0.05) is 31.5 Å². The Bertz CT molecular complexity index is 374. The van der Waals surface area contributed by atoms with Crippen molar-refractivity contribution in [2.75, 3.05) is 0 Å². The summed E-state index contributed by atoms with van der Waals surface area (Å²) in [6.45, 7) is 3.38. The van der Waals surface area contributed by atoms with Gasteiger partial charge in [-0.25, -0.2) is 4.98 Å². The number of rotatable bonds is 3. The molecule has 2 rings (SSSR count). The highest BCUT2D eigenvalue weighted by Gasteiger charge is 2.01. The van der Waals surface area contributed by atoms with Crippen molar-refractivity contribution < 1.29 is 0 Å². The molecule has 0 spiro atoms. The smallest absolute Gasteiger partial charge is 0.159 e. The molecule has 5 heteroatoms. The molecular formula is C9H13N5. The van der Waals surface area contributed by atoms with Gasteiger partial charge in [0.25, 0.3) is 0 Å². The number of nitrogens with two attached hydrogens (primary N) is 1. The van der Waals surface area contributed by atoms with E-state index in [1.54, 1.807) is 6.33 Å². The molecule has 2 aromatic rings. The van der Waals surface area contributed by atoms with Crippen LogP contribution in [-0.2, 0) is 13.1 Å². The third kappa shape index (κ3) is 1.54. The van der Waals surface area contributed by atoms with E-state index in [0.717, 1.165) is 18.1 Å². The molecule has 0 amide bonds. The van der Waals surface area contributed by atoms with Gasteiger partial charge in [-0.05, 0) is 6.92 Å². The molecular weight excluding hydrogens is 178 g/mol. The van der Waals surface area contributed by atoms with Gasteiger partial charge in [-0.15, -0.1) is 0 Å². The van der Waals surface area contributed by atoms with Gasteiger partial charge in [0.2, 0.25) is 0 Å². The lowest BCUT2D eigenvalue weighted by Crippen LogP contribution is -1.98. The molecule has 0 aromatic carbocycles. The van der Waals surface area contributed by atoms with E-state index in [2.05, 4.69) is 17.0 Å². The Morgan fingerprint density at radius 1 is 1.50 bits per heavy atom. The maximum absolute atomic E-state index is 5.47. The molecule has 0 aliphatic carbocycles. The van der Waals surface area contributed by atoms with Crippen molar-refractivity contribution in [1.82, 2.24) is 19.3 Å². The highest BCUT2D eigenvalue weighted by molar-refractivity contribution is 5.20. The Hall–Kier alpha value is -1.62. The minimum absolute atomic E-state index is 0.460. The summed E-state index contributed by atoms with van der Waals surface area (Å²) in [5.74, 6) is 0.874. The molecule has 0 aliphatic heterocycles. The van der Waals surface area contributed by atoms with Crippen molar-refractivity contribution in [1.29, 1.82) is 0 Å². The van der Waals surface area contributed by atoms with Crippen molar-refractivity contribution in [3.05, 3.63) is 30.5 Å². The second-order valence-electron chi connectivity index (χ2n) is 3.01. The molecule has 5 nitrogen and oxygen atoms in total. The predicted octanol–water partition coefficient (Wildman–Crippen LogP) is 0.547. The average molecular weight is 191 g/mol. The van der Waals surface area contributed by atoms with Crippen molar-refractivity contribution in [3.8, 4) is 5.82 Å². The SMILES string of the molecule is CCn1ccc(-n2cnc(CN)c2)n1. The first-order chi connectivity index (χ1) is 6.83. The van der Waals surface area contributed by atoms with Crippen LogP contribution in [0.25, 0.3) is 5.82 Å². The summed E-state index contributed by atoms with van der Waals surface area (Å²) < 4.78 is 3.74. The van der Waals surface area contributed by atoms with E-state index in [1.807, 2.05) is 27.7 Å². The minimum atomic E-state index is 0.460. The Balaban J connectivity index is 2.29. The fourth-order valence-electron chi connectivity index (χ4n) is 1.26. The number of hydrogen-bond acceptors (Lipinski definition) is 3. The number of aromatic nitrogens is 4. The standard InChI is InChI=1S/C9H13N5/c1-2-14-4-3-9(12-14)13-6-8(5-10)11-7-13/h3-4,6-7H,2,5,10H2,1H3. The molecule has 74 valence electrons. The highest BCUT2D eigenvalue weighted by atomic mass is 15.3. The van der Waals surface area contributed by atoms with E-state index in [1.165, 1.54) is 0 Å². The van der Waals surface area contributed by atoms with Crippen LogP contribution in [0.3, 0.4) is 0 Å². The second kappa shape index (κ2) is 3.63. The Morgan fingerprint density at radius 3 is 2.93 bits per heavy atom. The lowest BCUT2D eigenvalue weighted by Gasteiger charge is -1.95. The zero-order valence-corrected chi connectivity index (χ0v) is 8.09. The monoisotopic (exact) mass is 191 g/mol. The average Bonchev–Trinajstić information content (AvgIpc) is 2.86. The van der Waals surface area contributed by atoms with Gasteiger partial charge in [0.15, 0.2) is 5.82 Å². The first-order valence-corrected chi connectivity index (χ1v) is 4.60. The van der Waals surface area contributed by atoms with Crippen LogP contribution in [0, 0.1) is 0 Å². The number of hydrogen-bond donors (Lipinski definition) is 1. The fraction of sp³-hybridized carbons (Fsp3) is 0.333. The van der Waals surface area contributed by atoms with Gasteiger partial charge in [0.05, 0.1) is 5.69 Å². The third-order valence-electron chi connectivity index (χ3n) is 2.06. The highest BCUT2D eigenvalue weighted by Crippen LogP contribution is 2.05. The molecule has 0 aliphatic rings. The van der Waals surface area contributed by atoms with Gasteiger partial charge in [-0.3, -0.25) is 9.25 Å². The van der Waals surface area contributed by atoms with Crippen molar-refractivity contribution in [2.24, 2.45) is 5.73 Å². The van der Waals surface area contributed by atoms with Crippen LogP contribution >= 0.6 is 0 Å². The summed E-state index contributed by atoms with van der Waals surface area (Å²) in [6.07, 6.45) is 5.56. The summed E-state index contributed by atoms with van der Waals surface area (Å²) in [4.78, 5) is 4.13. The normalized spacial score (nSPS) is 10.7. The molecule has 2 heterocycles. The first kappa shape index (κ1) is 8.96. The molecule has 0 saturated carbocycles. The van der Waals surface area contributed by atoms with Crippen LogP contribution in [0.1, 0.15) is 12.6 Å². The predicted molar refractivity (Wildman–Crippen MR) is 52.9 cm³/mol. The first-order valence-electron chi connectivity index (χ1n) is 4.60. The fourth-order valence-corrected chi connectivity index (χ4v) is 1.26. The van der Waals surface area contributed by atoms with E-state index >= 15 is 0 Å². The van der Waals surface area contributed by atoms with E-state index in [-0.39, 0.29) is 0 Å². The Labute approximate surface area is 82.2 Å². The largest absolute Gasteiger partial charge is 0.325 e. The summed E-state index contributed by atoms with van der Waals surface area (Å²) in [6, 6.07) is 1.95. The van der Waals surface area contributed by atoms with Crippen molar-refractivity contribution in [3.63, 3.8) is 0 Å². The molecule has 2 N–H and O–H groups in total. The quantitative estimate of drug-likeness (QED) is 0.770. The maximum atomic E-state index is 5.47. The second-order valence-corrected chi connectivity index (χ2v) is 3.01. The zero-order valence-electron chi connectivity index (χ0n) is 8.09. The van der Waals surface area contributed by atoms with Crippen molar-refractivity contribution in [2.45, 2.75) is 20.0 Å². The van der Waals surface area contributed by atoms with Crippen LogP contribution in [0.4, 0.5) is 0 Å². The van der Waals surface area contributed by atoms with E-state index in [4.69, 9.17) is 5.73 Å². The number of aryl methyl sites for hydroxylation is 1. The van der Waals surface area contributed by atoms with Gasteiger partial charge < -0.3 is 5.73 Å². The number of nitrogens with zero attached hydrogens (tertiary/aromatic N) is 4. The van der Waals surface area contributed by atoms with E-state index in [9.17, 15) is 0 Å². The van der Waals surface area contributed by atoms with Gasteiger partial charge >= 0.3 is 0 Å². The molecule has 0 atom stereocenters. The summed E-state index contributed by atoms with van der Waals surface area (Å²) in [5.41, 5.74) is 6.34. The van der Waals surface area contributed by atoms with Crippen LogP contribution in [-0.4, -0.2) is 19.3 Å². The third-order valence-corrected chi connectivity index (χ3v) is 2.06. The molecule has 0 fully saturated rings. The van der Waals surface area contributed by atoms with Crippen LogP contribution in [0.15, 0.2) is 24.8 Å².